The number of fused-ring (bicyclic) bond motifs is 9. The van der Waals surface area contributed by atoms with E-state index in [1.807, 2.05) is 0 Å². The van der Waals surface area contributed by atoms with Crippen molar-refractivity contribution in [3.05, 3.63) is 217 Å². The molecule has 0 spiro atoms. The molecule has 0 aliphatic rings. The first-order valence-corrected chi connectivity index (χ1v) is 24.6. The fourth-order valence-electron chi connectivity index (χ4n) is 10.9. The molecule has 0 radical (unpaired) electrons. The van der Waals surface area contributed by atoms with Crippen molar-refractivity contribution >= 4 is 65.4 Å². The van der Waals surface area contributed by atoms with Crippen molar-refractivity contribution in [1.29, 1.82) is 0 Å². The summed E-state index contributed by atoms with van der Waals surface area (Å²) in [6.07, 6.45) is 0. The number of benzene rings is 9. The smallest absolute Gasteiger partial charge is 0.240 e. The molecule has 13 aromatic rings. The monoisotopic (exact) mass is 916 g/mol. The first-order valence-electron chi connectivity index (χ1n) is 24.6. The molecule has 0 unspecified atom stereocenters. The van der Waals surface area contributed by atoms with Crippen molar-refractivity contribution in [3.63, 3.8) is 0 Å². The summed E-state index contributed by atoms with van der Waals surface area (Å²) < 4.78 is 6.87. The molecule has 13 rings (SSSR count). The maximum Gasteiger partial charge on any atom is 0.240 e. The number of para-hydroxylation sites is 4. The maximum atomic E-state index is 5.43. The Morgan fingerprint density at radius 1 is 0.310 bits per heavy atom. The van der Waals surface area contributed by atoms with E-state index < -0.39 is 0 Å². The summed E-state index contributed by atoms with van der Waals surface area (Å²) in [5.74, 6) is 1.69. The first kappa shape index (κ1) is 42.5. The van der Waals surface area contributed by atoms with Crippen LogP contribution in [-0.2, 0) is 10.8 Å². The lowest BCUT2D eigenvalue weighted by Crippen LogP contribution is -2.10. The zero-order valence-electron chi connectivity index (χ0n) is 40.8. The van der Waals surface area contributed by atoms with Gasteiger partial charge >= 0.3 is 0 Å². The van der Waals surface area contributed by atoms with E-state index in [1.165, 1.54) is 32.9 Å². The molecule has 0 saturated carbocycles. The van der Waals surface area contributed by atoms with Crippen LogP contribution in [0.1, 0.15) is 52.7 Å². The van der Waals surface area contributed by atoms with Crippen LogP contribution >= 0.6 is 0 Å². The lowest BCUT2D eigenvalue weighted by atomic mass is 9.85. The highest BCUT2D eigenvalue weighted by Crippen LogP contribution is 2.44. The minimum atomic E-state index is -0.00263. The molecule has 4 aromatic heterocycles. The van der Waals surface area contributed by atoms with Crippen molar-refractivity contribution in [1.82, 2.24) is 28.7 Å². The molecule has 0 saturated heterocycles. The fraction of sp³-hybridized carbons (Fsp3) is 0.123. The predicted molar refractivity (Wildman–Crippen MR) is 297 cm³/mol. The van der Waals surface area contributed by atoms with Crippen LogP contribution in [0.3, 0.4) is 0 Å². The van der Waals surface area contributed by atoms with E-state index >= 15 is 0 Å². The van der Waals surface area contributed by atoms with Gasteiger partial charge in [-0.05, 0) is 99.3 Å². The molecule has 0 atom stereocenters. The van der Waals surface area contributed by atoms with E-state index in [0.717, 1.165) is 77.1 Å². The topological polar surface area (TPSA) is 53.5 Å². The molecule has 0 bridgehead atoms. The van der Waals surface area contributed by atoms with Crippen LogP contribution in [0.4, 0.5) is 0 Å². The van der Waals surface area contributed by atoms with Gasteiger partial charge in [0, 0.05) is 43.4 Å². The Morgan fingerprint density at radius 3 is 1.20 bits per heavy atom. The Kier molecular flexibility index (Phi) is 9.56. The van der Waals surface area contributed by atoms with Crippen molar-refractivity contribution in [2.45, 2.75) is 52.4 Å². The van der Waals surface area contributed by atoms with Crippen LogP contribution in [0.15, 0.2) is 206 Å². The molecule has 9 aromatic carbocycles. The fourth-order valence-corrected chi connectivity index (χ4v) is 10.9. The average Bonchev–Trinajstić information content (AvgIpc) is 4.03. The Labute approximate surface area is 413 Å². The van der Waals surface area contributed by atoms with Gasteiger partial charge in [-0.15, -0.1) is 0 Å². The zero-order valence-corrected chi connectivity index (χ0v) is 40.8. The SMILES string of the molecule is CC(C)(C)c1ccc2c(c1)c1cc(C(C)(C)C)ccc1n2-c1cccc(-c2cccc(-c3nc(-n4c5ccccc5c5ccccc54)nc(-n4c5ccccc5c5ccccc54)n3)c2)c1-c1ccccc1. The molecule has 6 nitrogen and oxygen atoms in total. The van der Waals surface area contributed by atoms with E-state index in [4.69, 9.17) is 15.0 Å². The van der Waals surface area contributed by atoms with Gasteiger partial charge in [0.1, 0.15) is 0 Å². The van der Waals surface area contributed by atoms with E-state index in [2.05, 4.69) is 262 Å². The second-order valence-corrected chi connectivity index (χ2v) is 20.9. The van der Waals surface area contributed by atoms with Crippen molar-refractivity contribution < 1.29 is 0 Å². The van der Waals surface area contributed by atoms with E-state index in [-0.39, 0.29) is 10.8 Å². The first-order chi connectivity index (χ1) is 34.5. The molecule has 4 heterocycles. The summed E-state index contributed by atoms with van der Waals surface area (Å²) in [5.41, 5.74) is 15.6. The second kappa shape index (κ2) is 16.0. The van der Waals surface area contributed by atoms with Gasteiger partial charge in [0.2, 0.25) is 11.9 Å². The van der Waals surface area contributed by atoms with Crippen molar-refractivity contribution in [2.75, 3.05) is 0 Å². The standard InChI is InChI=1S/C65H52N6/c1-64(2,3)44-34-36-57-51(39-44)52-40-45(65(4,5)6)35-37-58(52)69(57)59-33-19-28-46(60(59)41-20-8-7-9-21-41)42-22-18-23-43(38-42)61-66-62(70-53-29-14-10-24-47(53)48-25-11-15-30-54(48)70)68-63(67-61)71-55-31-16-12-26-49(55)50-27-13-17-32-56(50)71/h7-40H,1-6H3. The summed E-state index contributed by atoms with van der Waals surface area (Å²) in [4.78, 5) is 16.3. The quantitative estimate of drug-likeness (QED) is 0.167. The molecular weight excluding hydrogens is 865 g/mol. The molecule has 0 N–H and O–H groups in total. The summed E-state index contributed by atoms with van der Waals surface area (Å²) >= 11 is 0. The van der Waals surface area contributed by atoms with E-state index in [9.17, 15) is 0 Å². The van der Waals surface area contributed by atoms with Crippen molar-refractivity contribution in [3.8, 4) is 51.2 Å². The average molecular weight is 917 g/mol. The molecular formula is C65H52N6. The van der Waals surface area contributed by atoms with Gasteiger partial charge in [0.15, 0.2) is 5.82 Å². The second-order valence-electron chi connectivity index (χ2n) is 20.9. The zero-order chi connectivity index (χ0) is 48.2. The molecule has 342 valence electrons. The van der Waals surface area contributed by atoms with Gasteiger partial charge < -0.3 is 4.57 Å². The lowest BCUT2D eigenvalue weighted by molar-refractivity contribution is 0.590. The number of hydrogen-bond donors (Lipinski definition) is 0. The number of aromatic nitrogens is 6. The summed E-state index contributed by atoms with van der Waals surface area (Å²) in [6, 6.07) is 74.5. The minimum Gasteiger partial charge on any atom is -0.309 e. The molecule has 0 aliphatic carbocycles. The lowest BCUT2D eigenvalue weighted by Gasteiger charge is -2.21. The van der Waals surface area contributed by atoms with Gasteiger partial charge in [-0.1, -0.05) is 187 Å². The molecule has 71 heavy (non-hydrogen) atoms. The number of nitrogens with zero attached hydrogens (tertiary/aromatic N) is 6. The third-order valence-electron chi connectivity index (χ3n) is 14.4. The predicted octanol–water partition coefficient (Wildman–Crippen LogP) is 16.8. The van der Waals surface area contributed by atoms with Gasteiger partial charge in [0.25, 0.3) is 0 Å². The van der Waals surface area contributed by atoms with Crippen LogP contribution < -0.4 is 0 Å². The Balaban J connectivity index is 1.06. The largest absolute Gasteiger partial charge is 0.309 e. The Bertz CT molecular complexity index is 3940. The highest BCUT2D eigenvalue weighted by atomic mass is 15.3. The summed E-state index contributed by atoms with van der Waals surface area (Å²) in [7, 11) is 0. The van der Waals surface area contributed by atoms with Crippen LogP contribution in [-0.4, -0.2) is 28.7 Å². The molecule has 0 fully saturated rings. The van der Waals surface area contributed by atoms with Crippen molar-refractivity contribution in [2.24, 2.45) is 0 Å². The number of rotatable bonds is 6. The molecule has 6 heteroatoms. The normalized spacial score (nSPS) is 12.4. The third kappa shape index (κ3) is 6.88. The Hall–Kier alpha value is -8.61. The molecule has 0 amide bonds. The van der Waals surface area contributed by atoms with Gasteiger partial charge in [-0.3, -0.25) is 9.13 Å². The van der Waals surface area contributed by atoms with E-state index in [1.54, 1.807) is 0 Å². The number of hydrogen-bond acceptors (Lipinski definition) is 3. The van der Waals surface area contributed by atoms with Crippen LogP contribution in [0, 0.1) is 0 Å². The third-order valence-corrected chi connectivity index (χ3v) is 14.4. The maximum absolute atomic E-state index is 5.43. The summed E-state index contributed by atoms with van der Waals surface area (Å²) in [5, 5.41) is 7.10. The minimum absolute atomic E-state index is 0.00263. The highest BCUT2D eigenvalue weighted by molar-refractivity contribution is 6.12. The van der Waals surface area contributed by atoms with Crippen LogP contribution in [0.5, 0.6) is 0 Å². The van der Waals surface area contributed by atoms with Gasteiger partial charge in [-0.2, -0.15) is 15.0 Å². The van der Waals surface area contributed by atoms with Gasteiger partial charge in [0.05, 0.1) is 38.8 Å². The Morgan fingerprint density at radius 2 is 0.718 bits per heavy atom. The molecule has 0 aliphatic heterocycles. The van der Waals surface area contributed by atoms with Crippen LogP contribution in [0.2, 0.25) is 0 Å². The van der Waals surface area contributed by atoms with Gasteiger partial charge in [-0.25, -0.2) is 0 Å². The van der Waals surface area contributed by atoms with Crippen LogP contribution in [0.25, 0.3) is 117 Å². The highest BCUT2D eigenvalue weighted by Gasteiger charge is 2.25. The van der Waals surface area contributed by atoms with E-state index in [0.29, 0.717) is 17.7 Å². The summed E-state index contributed by atoms with van der Waals surface area (Å²) in [6.45, 7) is 13.8.